The second kappa shape index (κ2) is 6.86. The van der Waals surface area contributed by atoms with Crippen LogP contribution in [0.3, 0.4) is 0 Å². The minimum Gasteiger partial charge on any atom is -0.372 e. The van der Waals surface area contributed by atoms with Crippen molar-refractivity contribution < 1.29 is 4.74 Å². The zero-order valence-corrected chi connectivity index (χ0v) is 11.5. The topological polar surface area (TPSA) is 34.2 Å². The molecule has 0 aromatic carbocycles. The molecule has 0 bridgehead atoms. The van der Waals surface area contributed by atoms with Crippen LogP contribution in [0.4, 0.5) is 0 Å². The maximum absolute atomic E-state index is 6.01. The van der Waals surface area contributed by atoms with E-state index < -0.39 is 0 Å². The number of nitrogens with one attached hydrogen (secondary N) is 1. The molecule has 0 aliphatic heterocycles. The van der Waals surface area contributed by atoms with Crippen molar-refractivity contribution in [1.82, 2.24) is 10.3 Å². The lowest BCUT2D eigenvalue weighted by Crippen LogP contribution is -2.21. The van der Waals surface area contributed by atoms with Gasteiger partial charge in [0.05, 0.1) is 18.4 Å². The monoisotopic (exact) mass is 248 g/mol. The third-order valence-electron chi connectivity index (χ3n) is 3.77. The number of aromatic nitrogens is 1. The Hall–Kier alpha value is -0.930. The molecule has 3 heteroatoms. The maximum atomic E-state index is 6.01. The summed E-state index contributed by atoms with van der Waals surface area (Å²) in [5, 5.41) is 3.17. The molecule has 1 N–H and O–H groups in total. The van der Waals surface area contributed by atoms with E-state index in [2.05, 4.69) is 23.3 Å². The van der Waals surface area contributed by atoms with Gasteiger partial charge in [0, 0.05) is 12.7 Å². The molecule has 0 unspecified atom stereocenters. The number of ether oxygens (including phenoxy) is 1. The third-order valence-corrected chi connectivity index (χ3v) is 3.77. The van der Waals surface area contributed by atoms with Crippen molar-refractivity contribution in [2.45, 2.75) is 51.9 Å². The predicted octanol–water partition coefficient (Wildman–Crippen LogP) is 2.90. The van der Waals surface area contributed by atoms with E-state index in [1.807, 2.05) is 19.3 Å². The third kappa shape index (κ3) is 3.79. The lowest BCUT2D eigenvalue weighted by atomic mass is 9.89. The van der Waals surface area contributed by atoms with Crippen molar-refractivity contribution in [2.75, 3.05) is 7.05 Å². The molecule has 1 fully saturated rings. The van der Waals surface area contributed by atoms with Crippen LogP contribution in [-0.4, -0.2) is 18.1 Å². The van der Waals surface area contributed by atoms with Crippen LogP contribution in [0.15, 0.2) is 18.3 Å². The summed E-state index contributed by atoms with van der Waals surface area (Å²) in [6, 6.07) is 4.10. The predicted molar refractivity (Wildman–Crippen MR) is 73.2 cm³/mol. The number of pyridine rings is 1. The summed E-state index contributed by atoms with van der Waals surface area (Å²) in [7, 11) is 1.96. The van der Waals surface area contributed by atoms with Gasteiger partial charge in [-0.25, -0.2) is 0 Å². The number of hydrogen-bond donors (Lipinski definition) is 1. The minimum atomic E-state index is 0.436. The minimum absolute atomic E-state index is 0.436. The Labute approximate surface area is 110 Å². The molecular formula is C15H24N2O. The maximum Gasteiger partial charge on any atom is 0.0894 e. The van der Waals surface area contributed by atoms with Gasteiger partial charge in [-0.05, 0) is 50.3 Å². The normalized spacial score (nSPS) is 24.1. The van der Waals surface area contributed by atoms with Crippen molar-refractivity contribution in [1.29, 1.82) is 0 Å². The SMILES string of the molecule is CNCc1cccnc1COC1CCC(C)CC1. The molecule has 0 saturated heterocycles. The van der Waals surface area contributed by atoms with Gasteiger partial charge in [-0.1, -0.05) is 13.0 Å². The summed E-state index contributed by atoms with van der Waals surface area (Å²) in [4.78, 5) is 4.43. The van der Waals surface area contributed by atoms with Gasteiger partial charge in [0.1, 0.15) is 0 Å². The Morgan fingerprint density at radius 3 is 2.83 bits per heavy atom. The first-order chi connectivity index (χ1) is 8.79. The van der Waals surface area contributed by atoms with Crippen LogP contribution >= 0.6 is 0 Å². The van der Waals surface area contributed by atoms with Crippen LogP contribution in [0.2, 0.25) is 0 Å². The molecule has 3 nitrogen and oxygen atoms in total. The van der Waals surface area contributed by atoms with Gasteiger partial charge in [-0.3, -0.25) is 4.98 Å². The van der Waals surface area contributed by atoms with E-state index in [4.69, 9.17) is 4.74 Å². The van der Waals surface area contributed by atoms with Crippen LogP contribution in [-0.2, 0) is 17.9 Å². The van der Waals surface area contributed by atoms with Gasteiger partial charge in [0.2, 0.25) is 0 Å². The lowest BCUT2D eigenvalue weighted by molar-refractivity contribution is 0.00693. The Bertz CT molecular complexity index is 359. The highest BCUT2D eigenvalue weighted by atomic mass is 16.5. The van der Waals surface area contributed by atoms with Crippen molar-refractivity contribution in [2.24, 2.45) is 5.92 Å². The van der Waals surface area contributed by atoms with E-state index in [0.29, 0.717) is 12.7 Å². The van der Waals surface area contributed by atoms with E-state index in [9.17, 15) is 0 Å². The number of hydrogen-bond acceptors (Lipinski definition) is 3. The highest BCUT2D eigenvalue weighted by Crippen LogP contribution is 2.26. The van der Waals surface area contributed by atoms with Crippen molar-refractivity contribution >= 4 is 0 Å². The molecule has 0 atom stereocenters. The molecule has 1 saturated carbocycles. The van der Waals surface area contributed by atoms with Gasteiger partial charge in [0.15, 0.2) is 0 Å². The zero-order valence-electron chi connectivity index (χ0n) is 11.5. The standard InChI is InChI=1S/C15H24N2O/c1-12-5-7-14(8-6-12)18-11-15-13(10-16-2)4-3-9-17-15/h3-4,9,12,14,16H,5-8,10-11H2,1-2H3. The first kappa shape index (κ1) is 13.5. The molecule has 0 spiro atoms. The molecule has 0 amide bonds. The number of nitrogens with zero attached hydrogens (tertiary/aromatic N) is 1. The Morgan fingerprint density at radius 2 is 2.11 bits per heavy atom. The van der Waals surface area contributed by atoms with Gasteiger partial charge in [-0.15, -0.1) is 0 Å². The van der Waals surface area contributed by atoms with Crippen LogP contribution < -0.4 is 5.32 Å². The summed E-state index contributed by atoms with van der Waals surface area (Å²) in [6.07, 6.45) is 7.29. The molecule has 1 heterocycles. The van der Waals surface area contributed by atoms with Gasteiger partial charge in [-0.2, -0.15) is 0 Å². The molecule has 0 radical (unpaired) electrons. The molecular weight excluding hydrogens is 224 g/mol. The summed E-state index contributed by atoms with van der Waals surface area (Å²) >= 11 is 0. The zero-order chi connectivity index (χ0) is 12.8. The second-order valence-electron chi connectivity index (χ2n) is 5.33. The summed E-state index contributed by atoms with van der Waals surface area (Å²) in [6.45, 7) is 3.84. The number of rotatable bonds is 5. The van der Waals surface area contributed by atoms with E-state index in [0.717, 1.165) is 18.2 Å². The van der Waals surface area contributed by atoms with E-state index in [1.165, 1.54) is 31.2 Å². The van der Waals surface area contributed by atoms with Crippen LogP contribution in [0, 0.1) is 5.92 Å². The molecule has 1 aromatic rings. The quantitative estimate of drug-likeness (QED) is 0.870. The average Bonchev–Trinajstić information content (AvgIpc) is 2.40. The van der Waals surface area contributed by atoms with E-state index in [1.54, 1.807) is 0 Å². The average molecular weight is 248 g/mol. The van der Waals surface area contributed by atoms with Crippen molar-refractivity contribution in [3.8, 4) is 0 Å². The molecule has 1 aliphatic rings. The lowest BCUT2D eigenvalue weighted by Gasteiger charge is -2.26. The summed E-state index contributed by atoms with van der Waals surface area (Å²) in [5.74, 6) is 0.875. The molecule has 1 aliphatic carbocycles. The van der Waals surface area contributed by atoms with E-state index >= 15 is 0 Å². The Kier molecular flexibility index (Phi) is 5.14. The van der Waals surface area contributed by atoms with Crippen LogP contribution in [0.25, 0.3) is 0 Å². The molecule has 18 heavy (non-hydrogen) atoms. The highest BCUT2D eigenvalue weighted by Gasteiger charge is 2.19. The van der Waals surface area contributed by atoms with E-state index in [-0.39, 0.29) is 0 Å². The second-order valence-corrected chi connectivity index (χ2v) is 5.33. The fraction of sp³-hybridized carbons (Fsp3) is 0.667. The highest BCUT2D eigenvalue weighted by molar-refractivity contribution is 5.18. The first-order valence-corrected chi connectivity index (χ1v) is 6.98. The summed E-state index contributed by atoms with van der Waals surface area (Å²) in [5.41, 5.74) is 2.31. The first-order valence-electron chi connectivity index (χ1n) is 6.98. The van der Waals surface area contributed by atoms with Crippen molar-refractivity contribution in [3.63, 3.8) is 0 Å². The Morgan fingerprint density at radius 1 is 1.33 bits per heavy atom. The molecule has 1 aromatic heterocycles. The van der Waals surface area contributed by atoms with Crippen LogP contribution in [0.1, 0.15) is 43.9 Å². The smallest absolute Gasteiger partial charge is 0.0894 e. The van der Waals surface area contributed by atoms with Gasteiger partial charge >= 0.3 is 0 Å². The largest absolute Gasteiger partial charge is 0.372 e. The fourth-order valence-corrected chi connectivity index (χ4v) is 2.55. The summed E-state index contributed by atoms with van der Waals surface area (Å²) < 4.78 is 6.01. The van der Waals surface area contributed by atoms with Crippen molar-refractivity contribution in [3.05, 3.63) is 29.6 Å². The van der Waals surface area contributed by atoms with Gasteiger partial charge in [0.25, 0.3) is 0 Å². The van der Waals surface area contributed by atoms with Crippen LogP contribution in [0.5, 0.6) is 0 Å². The van der Waals surface area contributed by atoms with Gasteiger partial charge < -0.3 is 10.1 Å². The Balaban J connectivity index is 1.86. The fourth-order valence-electron chi connectivity index (χ4n) is 2.55. The molecule has 100 valence electrons. The molecule has 2 rings (SSSR count).